The molecule has 0 spiro atoms. The largest absolute Gasteiger partial charge is 0.478 e. The number of carboxylic acids is 1. The standard InChI is InChI=1S/C12H10F3NO5S/c13-8-2-1-7(12(18)19)11(10(8)14)16-4-6(3-9(16)17)5-22(15,20)21/h1-2,6H,3-5H2,(H,18,19). The Bertz CT molecular complexity index is 749. The van der Waals surface area contributed by atoms with Crippen molar-refractivity contribution < 1.29 is 35.8 Å². The van der Waals surface area contributed by atoms with E-state index in [-0.39, 0.29) is 0 Å². The van der Waals surface area contributed by atoms with Gasteiger partial charge in [-0.1, -0.05) is 0 Å². The molecule has 1 amide bonds. The Labute approximate surface area is 123 Å². The highest BCUT2D eigenvalue weighted by atomic mass is 32.3. The van der Waals surface area contributed by atoms with Gasteiger partial charge in [0.15, 0.2) is 11.6 Å². The molecule has 120 valence electrons. The van der Waals surface area contributed by atoms with Crippen molar-refractivity contribution in [3.8, 4) is 0 Å². The molecule has 1 N–H and O–H groups in total. The van der Waals surface area contributed by atoms with Crippen LogP contribution in [0.15, 0.2) is 12.1 Å². The summed E-state index contributed by atoms with van der Waals surface area (Å²) in [6.07, 6.45) is -0.405. The zero-order valence-electron chi connectivity index (χ0n) is 10.9. The van der Waals surface area contributed by atoms with Crippen LogP contribution in [0.3, 0.4) is 0 Å². The molecule has 0 aromatic heterocycles. The summed E-state index contributed by atoms with van der Waals surface area (Å²) in [4.78, 5) is 23.5. The number of amides is 1. The van der Waals surface area contributed by atoms with Gasteiger partial charge in [0.05, 0.1) is 17.0 Å². The van der Waals surface area contributed by atoms with Crippen LogP contribution in [0.25, 0.3) is 0 Å². The van der Waals surface area contributed by atoms with E-state index in [2.05, 4.69) is 0 Å². The molecule has 1 unspecified atom stereocenters. The number of nitrogens with zero attached hydrogens (tertiary/aromatic N) is 1. The fourth-order valence-corrected chi connectivity index (χ4v) is 3.15. The quantitative estimate of drug-likeness (QED) is 0.837. The van der Waals surface area contributed by atoms with E-state index in [1.165, 1.54) is 0 Å². The molecule has 0 radical (unpaired) electrons. The van der Waals surface area contributed by atoms with Crippen molar-refractivity contribution in [3.63, 3.8) is 0 Å². The summed E-state index contributed by atoms with van der Waals surface area (Å²) in [5, 5.41) is 9.00. The van der Waals surface area contributed by atoms with Crippen LogP contribution in [0.5, 0.6) is 0 Å². The Kier molecular flexibility index (Phi) is 4.14. The molecule has 1 aromatic carbocycles. The first-order chi connectivity index (χ1) is 10.1. The van der Waals surface area contributed by atoms with E-state index < -0.39 is 69.6 Å². The molecular weight excluding hydrogens is 327 g/mol. The molecule has 1 heterocycles. The molecule has 0 saturated carbocycles. The predicted molar refractivity (Wildman–Crippen MR) is 68.7 cm³/mol. The number of anilines is 1. The van der Waals surface area contributed by atoms with Gasteiger partial charge in [-0.25, -0.2) is 13.6 Å². The Morgan fingerprint density at radius 3 is 2.55 bits per heavy atom. The molecule has 1 aromatic rings. The molecule has 6 nitrogen and oxygen atoms in total. The van der Waals surface area contributed by atoms with Crippen molar-refractivity contribution in [3.05, 3.63) is 29.3 Å². The van der Waals surface area contributed by atoms with Crippen molar-refractivity contribution in [1.82, 2.24) is 0 Å². The molecule has 22 heavy (non-hydrogen) atoms. The maximum Gasteiger partial charge on any atom is 0.337 e. The normalized spacial score (nSPS) is 18.8. The zero-order valence-corrected chi connectivity index (χ0v) is 11.7. The monoisotopic (exact) mass is 337 g/mol. The number of benzene rings is 1. The summed E-state index contributed by atoms with van der Waals surface area (Å²) >= 11 is 0. The van der Waals surface area contributed by atoms with Crippen LogP contribution in [0, 0.1) is 17.6 Å². The van der Waals surface area contributed by atoms with Gasteiger partial charge in [-0.05, 0) is 12.1 Å². The smallest absolute Gasteiger partial charge is 0.337 e. The lowest BCUT2D eigenvalue weighted by atomic mass is 10.1. The number of aromatic carboxylic acids is 1. The Hall–Kier alpha value is -2.10. The maximum atomic E-state index is 13.9. The minimum Gasteiger partial charge on any atom is -0.478 e. The minimum atomic E-state index is -4.84. The number of carbonyl (C=O) groups is 2. The van der Waals surface area contributed by atoms with E-state index in [1.54, 1.807) is 0 Å². The highest BCUT2D eigenvalue weighted by Gasteiger charge is 2.37. The number of hydrogen-bond acceptors (Lipinski definition) is 4. The number of hydrogen-bond donors (Lipinski definition) is 1. The molecule has 10 heteroatoms. The van der Waals surface area contributed by atoms with Gasteiger partial charge in [0.25, 0.3) is 0 Å². The Balaban J connectivity index is 2.42. The zero-order chi connectivity index (χ0) is 16.7. The van der Waals surface area contributed by atoms with Crippen molar-refractivity contribution in [2.75, 3.05) is 17.2 Å². The van der Waals surface area contributed by atoms with Crippen LogP contribution < -0.4 is 4.90 Å². The van der Waals surface area contributed by atoms with Gasteiger partial charge in [-0.3, -0.25) is 4.79 Å². The van der Waals surface area contributed by atoms with Crippen molar-refractivity contribution in [2.24, 2.45) is 5.92 Å². The lowest BCUT2D eigenvalue weighted by Gasteiger charge is -2.19. The van der Waals surface area contributed by atoms with Gasteiger partial charge in [0.1, 0.15) is 0 Å². The number of rotatable bonds is 4. The van der Waals surface area contributed by atoms with Gasteiger partial charge in [-0.2, -0.15) is 8.42 Å². The summed E-state index contributed by atoms with van der Waals surface area (Å²) in [5.41, 5.74) is -1.42. The molecule has 2 rings (SSSR count). The fraction of sp³-hybridized carbons (Fsp3) is 0.333. The minimum absolute atomic E-state index is 0.405. The average Bonchev–Trinajstić information content (AvgIpc) is 2.70. The third-order valence-electron chi connectivity index (χ3n) is 3.21. The van der Waals surface area contributed by atoms with E-state index in [1.807, 2.05) is 0 Å². The van der Waals surface area contributed by atoms with Gasteiger partial charge in [0.2, 0.25) is 5.91 Å². The highest BCUT2D eigenvalue weighted by Crippen LogP contribution is 2.32. The molecule has 1 saturated heterocycles. The summed E-state index contributed by atoms with van der Waals surface area (Å²) in [7, 11) is -4.84. The second-order valence-corrected chi connectivity index (χ2v) is 6.25. The number of halogens is 3. The second-order valence-electron chi connectivity index (χ2n) is 4.84. The lowest BCUT2D eigenvalue weighted by Crippen LogP contribution is -2.28. The van der Waals surface area contributed by atoms with E-state index in [9.17, 15) is 30.7 Å². The fourth-order valence-electron chi connectivity index (χ4n) is 2.37. The predicted octanol–water partition coefficient (Wildman–Crippen LogP) is 1.32. The van der Waals surface area contributed by atoms with Crippen molar-refractivity contribution >= 4 is 27.8 Å². The van der Waals surface area contributed by atoms with E-state index in [0.717, 1.165) is 6.07 Å². The third kappa shape index (κ3) is 3.21. The summed E-state index contributed by atoms with van der Waals surface area (Å²) in [6.45, 7) is -0.414. The highest BCUT2D eigenvalue weighted by molar-refractivity contribution is 7.86. The molecule has 0 aliphatic carbocycles. The van der Waals surface area contributed by atoms with Crippen LogP contribution >= 0.6 is 0 Å². The third-order valence-corrected chi connectivity index (χ3v) is 4.08. The molecule has 1 aliphatic rings. The van der Waals surface area contributed by atoms with Crippen LogP contribution in [-0.4, -0.2) is 37.7 Å². The van der Waals surface area contributed by atoms with Crippen LogP contribution in [0.1, 0.15) is 16.8 Å². The molecular formula is C12H10F3NO5S. The molecule has 1 atom stereocenters. The maximum absolute atomic E-state index is 13.9. The summed E-state index contributed by atoms with van der Waals surface area (Å²) in [5.74, 6) is -7.18. The van der Waals surface area contributed by atoms with E-state index >= 15 is 0 Å². The van der Waals surface area contributed by atoms with Gasteiger partial charge in [0, 0.05) is 18.9 Å². The van der Waals surface area contributed by atoms with Crippen molar-refractivity contribution in [1.29, 1.82) is 0 Å². The molecule has 1 fully saturated rings. The summed E-state index contributed by atoms with van der Waals surface area (Å²) in [6, 6.07) is 1.40. The second kappa shape index (κ2) is 5.59. The van der Waals surface area contributed by atoms with Gasteiger partial charge in [-0.15, -0.1) is 3.89 Å². The van der Waals surface area contributed by atoms with Crippen molar-refractivity contribution in [2.45, 2.75) is 6.42 Å². The lowest BCUT2D eigenvalue weighted by molar-refractivity contribution is -0.117. The topological polar surface area (TPSA) is 91.8 Å². The average molecular weight is 337 g/mol. The van der Waals surface area contributed by atoms with E-state index in [0.29, 0.717) is 11.0 Å². The SMILES string of the molecule is O=C(O)c1ccc(F)c(F)c1N1CC(CS(=O)(=O)F)CC1=O. The van der Waals surface area contributed by atoms with Gasteiger partial charge < -0.3 is 10.0 Å². The Morgan fingerprint density at radius 2 is 2.00 bits per heavy atom. The first kappa shape index (κ1) is 16.3. The first-order valence-electron chi connectivity index (χ1n) is 6.04. The van der Waals surface area contributed by atoms with Crippen LogP contribution in [0.2, 0.25) is 0 Å². The van der Waals surface area contributed by atoms with Crippen LogP contribution in [0.4, 0.5) is 18.4 Å². The van der Waals surface area contributed by atoms with Gasteiger partial charge >= 0.3 is 16.2 Å². The number of carbonyl (C=O) groups excluding carboxylic acids is 1. The molecule has 0 bridgehead atoms. The van der Waals surface area contributed by atoms with Crippen LogP contribution in [-0.2, 0) is 15.0 Å². The Morgan fingerprint density at radius 1 is 1.36 bits per heavy atom. The first-order valence-corrected chi connectivity index (χ1v) is 7.59. The summed E-state index contributed by atoms with van der Waals surface area (Å²) < 4.78 is 61.1. The number of carboxylic acid groups (broad SMARTS) is 1. The molecule has 1 aliphatic heterocycles. The van der Waals surface area contributed by atoms with E-state index in [4.69, 9.17) is 5.11 Å².